The summed E-state index contributed by atoms with van der Waals surface area (Å²) < 4.78 is 11.4. The van der Waals surface area contributed by atoms with Crippen molar-refractivity contribution in [3.8, 4) is 11.5 Å². The number of aliphatic hydroxyl groups is 1. The van der Waals surface area contributed by atoms with Crippen molar-refractivity contribution in [2.45, 2.75) is 32.3 Å². The van der Waals surface area contributed by atoms with Crippen molar-refractivity contribution < 1.29 is 24.2 Å². The van der Waals surface area contributed by atoms with Gasteiger partial charge in [0.05, 0.1) is 24.9 Å². The van der Waals surface area contributed by atoms with Gasteiger partial charge in [-0.3, -0.25) is 9.59 Å². The first-order chi connectivity index (χ1) is 13.4. The number of nitrogens with zero attached hydrogens (tertiary/aromatic N) is 1. The van der Waals surface area contributed by atoms with Crippen molar-refractivity contribution in [3.63, 3.8) is 0 Å². The van der Waals surface area contributed by atoms with Crippen LogP contribution in [0.4, 0.5) is 0 Å². The molecule has 2 aliphatic heterocycles. The number of carbonyl (C=O) groups is 2. The van der Waals surface area contributed by atoms with E-state index in [1.807, 2.05) is 17.9 Å². The molecule has 0 unspecified atom stereocenters. The summed E-state index contributed by atoms with van der Waals surface area (Å²) in [6.45, 7) is 5.17. The van der Waals surface area contributed by atoms with Gasteiger partial charge in [-0.2, -0.15) is 0 Å². The summed E-state index contributed by atoms with van der Waals surface area (Å²) in [6, 6.07) is 3.68. The molecule has 2 atom stereocenters. The molecule has 0 radical (unpaired) electrons. The summed E-state index contributed by atoms with van der Waals surface area (Å²) in [5, 5.41) is 13.3. The van der Waals surface area contributed by atoms with E-state index in [4.69, 9.17) is 15.2 Å². The summed E-state index contributed by atoms with van der Waals surface area (Å²) in [5.74, 6) is 0.489. The van der Waals surface area contributed by atoms with Gasteiger partial charge in [-0.25, -0.2) is 0 Å². The molecule has 1 fully saturated rings. The lowest BCUT2D eigenvalue weighted by molar-refractivity contribution is -0.118. The number of primary amides is 1. The first-order valence-electron chi connectivity index (χ1n) is 9.81. The number of ether oxygens (including phenoxy) is 2. The summed E-state index contributed by atoms with van der Waals surface area (Å²) in [5.41, 5.74) is 6.57. The van der Waals surface area contributed by atoms with Crippen LogP contribution in [-0.4, -0.2) is 67.3 Å². The third-order valence-electron chi connectivity index (χ3n) is 5.24. The van der Waals surface area contributed by atoms with E-state index in [2.05, 4.69) is 5.32 Å². The van der Waals surface area contributed by atoms with E-state index >= 15 is 0 Å². The number of fused-ring (bicyclic) bond motifs is 1. The number of aryl methyl sites for hydroxylation is 1. The van der Waals surface area contributed by atoms with Crippen LogP contribution in [0.2, 0.25) is 0 Å². The van der Waals surface area contributed by atoms with Crippen molar-refractivity contribution in [1.82, 2.24) is 10.2 Å². The molecule has 0 saturated carbocycles. The quantitative estimate of drug-likeness (QED) is 0.649. The first kappa shape index (κ1) is 20.4. The van der Waals surface area contributed by atoms with Gasteiger partial charge in [-0.15, -0.1) is 0 Å². The van der Waals surface area contributed by atoms with Crippen LogP contribution in [0.5, 0.6) is 11.5 Å². The average molecular weight is 391 g/mol. The molecular weight excluding hydrogens is 362 g/mol. The first-order valence-corrected chi connectivity index (χ1v) is 9.81. The van der Waals surface area contributed by atoms with E-state index in [1.165, 1.54) is 0 Å². The van der Waals surface area contributed by atoms with Crippen LogP contribution in [0.15, 0.2) is 12.1 Å². The molecule has 2 heterocycles. The van der Waals surface area contributed by atoms with Crippen LogP contribution >= 0.6 is 0 Å². The Labute approximate surface area is 165 Å². The largest absolute Gasteiger partial charge is 0.490 e. The summed E-state index contributed by atoms with van der Waals surface area (Å²) in [7, 11) is 0. The number of benzene rings is 1. The third kappa shape index (κ3) is 5.14. The number of nitrogens with two attached hydrogens (primary N) is 1. The minimum Gasteiger partial charge on any atom is -0.490 e. The number of carbonyl (C=O) groups excluding carboxylic acids is 2. The topological polar surface area (TPSA) is 114 Å². The number of amides is 2. The molecule has 0 bridgehead atoms. The summed E-state index contributed by atoms with van der Waals surface area (Å²) in [4.78, 5) is 25.7. The zero-order valence-electron chi connectivity index (χ0n) is 16.3. The Bertz CT molecular complexity index is 724. The molecule has 0 aromatic heterocycles. The molecule has 8 nitrogen and oxygen atoms in total. The SMILES string of the molecule is Cc1cc2c(c(C(=O)NC[C@@H]3CCN(CCC(N)=O)C[C@H]3O)c1)OCCCO2. The molecule has 28 heavy (non-hydrogen) atoms. The molecule has 154 valence electrons. The van der Waals surface area contributed by atoms with E-state index in [0.29, 0.717) is 49.9 Å². The van der Waals surface area contributed by atoms with E-state index in [1.54, 1.807) is 6.07 Å². The fourth-order valence-corrected chi connectivity index (χ4v) is 3.65. The molecule has 0 spiro atoms. The zero-order chi connectivity index (χ0) is 20.1. The second-order valence-electron chi connectivity index (χ2n) is 7.53. The molecule has 2 amide bonds. The number of hydrogen-bond acceptors (Lipinski definition) is 6. The predicted octanol–water partition coefficient (Wildman–Crippen LogP) is 0.444. The lowest BCUT2D eigenvalue weighted by Crippen LogP contribution is -2.48. The number of hydrogen-bond donors (Lipinski definition) is 3. The number of piperidine rings is 1. The highest BCUT2D eigenvalue weighted by molar-refractivity contribution is 5.98. The van der Waals surface area contributed by atoms with Crippen LogP contribution in [0.3, 0.4) is 0 Å². The average Bonchev–Trinajstić information content (AvgIpc) is 2.90. The maximum absolute atomic E-state index is 12.8. The minimum atomic E-state index is -0.559. The minimum absolute atomic E-state index is 0.0330. The van der Waals surface area contributed by atoms with E-state index in [-0.39, 0.29) is 24.2 Å². The molecule has 4 N–H and O–H groups in total. The Morgan fingerprint density at radius 3 is 2.86 bits per heavy atom. The molecule has 2 aliphatic rings. The van der Waals surface area contributed by atoms with Crippen LogP contribution in [0.25, 0.3) is 0 Å². The van der Waals surface area contributed by atoms with Gasteiger partial charge in [-0.1, -0.05) is 0 Å². The second-order valence-corrected chi connectivity index (χ2v) is 7.53. The van der Waals surface area contributed by atoms with Gasteiger partial charge in [0, 0.05) is 38.4 Å². The van der Waals surface area contributed by atoms with Crippen molar-refractivity contribution in [3.05, 3.63) is 23.3 Å². The van der Waals surface area contributed by atoms with Crippen LogP contribution in [-0.2, 0) is 4.79 Å². The van der Waals surface area contributed by atoms with Gasteiger partial charge in [0.25, 0.3) is 5.91 Å². The maximum atomic E-state index is 12.8. The Hall–Kier alpha value is -2.32. The smallest absolute Gasteiger partial charge is 0.255 e. The standard InChI is InChI=1S/C20H29N3O5/c1-13-9-15(19-17(10-13)27-7-2-8-28-19)20(26)22-11-14-3-5-23(12-16(14)24)6-4-18(21)25/h9-10,14,16,24H,2-8,11-12H2,1H3,(H2,21,25)(H,22,26)/t14-,16+/m0/s1. The van der Waals surface area contributed by atoms with Gasteiger partial charge >= 0.3 is 0 Å². The normalized spacial score (nSPS) is 22.4. The molecular formula is C20H29N3O5. The Morgan fingerprint density at radius 1 is 1.32 bits per heavy atom. The zero-order valence-corrected chi connectivity index (χ0v) is 16.3. The number of β-amino-alcohol motifs (C(OH)–C–C–N with tert-alkyl or cyclic N) is 1. The van der Waals surface area contributed by atoms with E-state index < -0.39 is 6.10 Å². The monoisotopic (exact) mass is 391 g/mol. The van der Waals surface area contributed by atoms with Crippen molar-refractivity contribution in [1.29, 1.82) is 0 Å². The summed E-state index contributed by atoms with van der Waals surface area (Å²) >= 11 is 0. The third-order valence-corrected chi connectivity index (χ3v) is 5.24. The van der Waals surface area contributed by atoms with Crippen molar-refractivity contribution in [2.75, 3.05) is 39.4 Å². The second kappa shape index (κ2) is 9.25. The van der Waals surface area contributed by atoms with E-state index in [9.17, 15) is 14.7 Å². The predicted molar refractivity (Wildman–Crippen MR) is 103 cm³/mol. The van der Waals surface area contributed by atoms with Crippen LogP contribution in [0.1, 0.15) is 35.2 Å². The van der Waals surface area contributed by atoms with Crippen molar-refractivity contribution >= 4 is 11.8 Å². The highest BCUT2D eigenvalue weighted by atomic mass is 16.5. The maximum Gasteiger partial charge on any atom is 0.255 e. The molecule has 3 rings (SSSR count). The fraction of sp³-hybridized carbons (Fsp3) is 0.600. The van der Waals surface area contributed by atoms with Gasteiger partial charge in [0.15, 0.2) is 11.5 Å². The summed E-state index contributed by atoms with van der Waals surface area (Å²) in [6.07, 6.45) is 1.24. The number of rotatable bonds is 6. The number of nitrogens with one attached hydrogen (secondary N) is 1. The number of aliphatic hydroxyl groups excluding tert-OH is 1. The molecule has 1 aromatic rings. The van der Waals surface area contributed by atoms with Crippen LogP contribution < -0.4 is 20.5 Å². The molecule has 8 heteroatoms. The highest BCUT2D eigenvalue weighted by Crippen LogP contribution is 2.34. The Balaban J connectivity index is 1.58. The van der Waals surface area contributed by atoms with Crippen molar-refractivity contribution in [2.24, 2.45) is 11.7 Å². The van der Waals surface area contributed by atoms with Crippen LogP contribution in [0, 0.1) is 12.8 Å². The number of likely N-dealkylation sites (tertiary alicyclic amines) is 1. The van der Waals surface area contributed by atoms with Gasteiger partial charge in [0.2, 0.25) is 5.91 Å². The van der Waals surface area contributed by atoms with Gasteiger partial charge < -0.3 is 30.5 Å². The van der Waals surface area contributed by atoms with Gasteiger partial charge in [-0.05, 0) is 37.6 Å². The highest BCUT2D eigenvalue weighted by Gasteiger charge is 2.29. The molecule has 1 aromatic carbocycles. The molecule has 0 aliphatic carbocycles. The van der Waals surface area contributed by atoms with Gasteiger partial charge in [0.1, 0.15) is 0 Å². The Morgan fingerprint density at radius 2 is 2.11 bits per heavy atom. The van der Waals surface area contributed by atoms with E-state index in [0.717, 1.165) is 24.9 Å². The Kier molecular flexibility index (Phi) is 6.74. The molecule has 1 saturated heterocycles. The fourth-order valence-electron chi connectivity index (χ4n) is 3.65. The lowest BCUT2D eigenvalue weighted by Gasteiger charge is -2.35. The lowest BCUT2D eigenvalue weighted by atomic mass is 9.93.